The van der Waals surface area contributed by atoms with Crippen LogP contribution in [0.25, 0.3) is 0 Å². The van der Waals surface area contributed by atoms with Crippen molar-refractivity contribution in [3.05, 3.63) is 65.7 Å². The molecule has 1 aliphatic heterocycles. The average Bonchev–Trinajstić information content (AvgIpc) is 2.92. The van der Waals surface area contributed by atoms with E-state index in [9.17, 15) is 18.4 Å². The first-order valence-corrected chi connectivity index (χ1v) is 9.71. The van der Waals surface area contributed by atoms with Crippen molar-refractivity contribution in [3.8, 4) is 0 Å². The molecule has 8 heteroatoms. The van der Waals surface area contributed by atoms with E-state index in [1.807, 2.05) is 6.92 Å². The van der Waals surface area contributed by atoms with Crippen molar-refractivity contribution in [2.75, 3.05) is 18.4 Å². The van der Waals surface area contributed by atoms with E-state index in [-0.39, 0.29) is 24.1 Å². The molecule has 1 saturated heterocycles. The minimum Gasteiger partial charge on any atom is -0.336 e. The lowest BCUT2D eigenvalue weighted by Crippen LogP contribution is -2.39. The lowest BCUT2D eigenvalue weighted by atomic mass is 10.1. The van der Waals surface area contributed by atoms with E-state index in [4.69, 9.17) is 12.2 Å². The third-order valence-corrected chi connectivity index (χ3v) is 5.24. The summed E-state index contributed by atoms with van der Waals surface area (Å²) in [7, 11) is 0. The molecule has 0 aliphatic carbocycles. The SMILES string of the molecule is CCN1C(=O)[C@@H](CC(=O)Nc2ccc(F)cc2)N(CCc2ccc(F)cc2)C1=S. The highest BCUT2D eigenvalue weighted by atomic mass is 32.1. The van der Waals surface area contributed by atoms with Gasteiger partial charge in [-0.15, -0.1) is 0 Å². The van der Waals surface area contributed by atoms with Gasteiger partial charge in [-0.2, -0.15) is 0 Å². The molecule has 29 heavy (non-hydrogen) atoms. The first kappa shape index (κ1) is 20.9. The summed E-state index contributed by atoms with van der Waals surface area (Å²) in [4.78, 5) is 28.5. The number of hydrogen-bond acceptors (Lipinski definition) is 3. The van der Waals surface area contributed by atoms with E-state index >= 15 is 0 Å². The topological polar surface area (TPSA) is 52.7 Å². The summed E-state index contributed by atoms with van der Waals surface area (Å²) < 4.78 is 26.1. The zero-order valence-corrected chi connectivity index (χ0v) is 16.7. The molecular formula is C21H21F2N3O2S. The van der Waals surface area contributed by atoms with Crippen molar-refractivity contribution in [1.82, 2.24) is 9.80 Å². The molecule has 2 aromatic carbocycles. The second-order valence-electron chi connectivity index (χ2n) is 6.71. The summed E-state index contributed by atoms with van der Waals surface area (Å²) in [5.74, 6) is -1.29. The quantitative estimate of drug-likeness (QED) is 0.702. The first-order chi connectivity index (χ1) is 13.9. The number of benzene rings is 2. The van der Waals surface area contributed by atoms with E-state index in [0.717, 1.165) is 5.56 Å². The number of thiocarbonyl (C=S) groups is 1. The minimum atomic E-state index is -0.705. The maximum absolute atomic E-state index is 13.1. The molecule has 0 bridgehead atoms. The maximum Gasteiger partial charge on any atom is 0.252 e. The number of rotatable bonds is 7. The van der Waals surface area contributed by atoms with Gasteiger partial charge >= 0.3 is 0 Å². The largest absolute Gasteiger partial charge is 0.336 e. The van der Waals surface area contributed by atoms with Gasteiger partial charge in [0.15, 0.2) is 5.11 Å². The van der Waals surface area contributed by atoms with E-state index in [1.54, 1.807) is 17.0 Å². The Morgan fingerprint density at radius 3 is 2.24 bits per heavy atom. The van der Waals surface area contributed by atoms with Crippen LogP contribution in [0.15, 0.2) is 48.5 Å². The summed E-state index contributed by atoms with van der Waals surface area (Å²) in [6, 6.07) is 10.8. The molecule has 152 valence electrons. The standard InChI is InChI=1S/C21H21F2N3O2S/c1-2-25-20(28)18(13-19(27)24-17-9-7-16(23)8-10-17)26(21(25)29)12-11-14-3-5-15(22)6-4-14/h3-10,18H,2,11-13H2,1H3,(H,24,27)/t18-/m1/s1. The molecule has 0 radical (unpaired) electrons. The minimum absolute atomic E-state index is 0.0731. The van der Waals surface area contributed by atoms with Gasteiger partial charge in [0.1, 0.15) is 17.7 Å². The Hall–Kier alpha value is -2.87. The number of carbonyl (C=O) groups is 2. The van der Waals surface area contributed by atoms with Crippen LogP contribution in [0, 0.1) is 11.6 Å². The van der Waals surface area contributed by atoms with Crippen LogP contribution < -0.4 is 5.32 Å². The molecular weight excluding hydrogens is 396 g/mol. The zero-order valence-electron chi connectivity index (χ0n) is 15.9. The molecule has 0 saturated carbocycles. The van der Waals surface area contributed by atoms with Crippen molar-refractivity contribution < 1.29 is 18.4 Å². The molecule has 3 rings (SSSR count). The Kier molecular flexibility index (Phi) is 6.53. The summed E-state index contributed by atoms with van der Waals surface area (Å²) in [6.45, 7) is 2.67. The molecule has 2 aromatic rings. The smallest absolute Gasteiger partial charge is 0.252 e. The highest BCUT2D eigenvalue weighted by Gasteiger charge is 2.42. The summed E-state index contributed by atoms with van der Waals surface area (Å²) in [5, 5.41) is 3.07. The van der Waals surface area contributed by atoms with Crippen molar-refractivity contribution in [2.45, 2.75) is 25.8 Å². The normalized spacial score (nSPS) is 16.4. The predicted octanol–water partition coefficient (Wildman–Crippen LogP) is 3.35. The van der Waals surface area contributed by atoms with Crippen LogP contribution in [0.1, 0.15) is 18.9 Å². The third kappa shape index (κ3) is 4.95. The van der Waals surface area contributed by atoms with Gasteiger partial charge in [0.05, 0.1) is 6.42 Å². The van der Waals surface area contributed by atoms with Gasteiger partial charge in [-0.25, -0.2) is 8.78 Å². The molecule has 1 aliphatic rings. The Balaban J connectivity index is 1.69. The van der Waals surface area contributed by atoms with Crippen molar-refractivity contribution in [2.24, 2.45) is 0 Å². The second-order valence-corrected chi connectivity index (χ2v) is 7.08. The Labute approximate surface area is 173 Å². The lowest BCUT2D eigenvalue weighted by molar-refractivity contribution is -0.130. The third-order valence-electron chi connectivity index (χ3n) is 4.78. The number of nitrogens with one attached hydrogen (secondary N) is 1. The lowest BCUT2D eigenvalue weighted by Gasteiger charge is -2.23. The predicted molar refractivity (Wildman–Crippen MR) is 110 cm³/mol. The van der Waals surface area contributed by atoms with Gasteiger partial charge in [-0.1, -0.05) is 12.1 Å². The van der Waals surface area contributed by atoms with Crippen LogP contribution in [0.4, 0.5) is 14.5 Å². The molecule has 1 heterocycles. The molecule has 1 fully saturated rings. The number of amides is 2. The van der Waals surface area contributed by atoms with E-state index in [1.165, 1.54) is 41.3 Å². The fraction of sp³-hybridized carbons (Fsp3) is 0.286. The number of anilines is 1. The molecule has 1 N–H and O–H groups in total. The van der Waals surface area contributed by atoms with E-state index in [2.05, 4.69) is 5.32 Å². The van der Waals surface area contributed by atoms with Crippen molar-refractivity contribution >= 4 is 34.8 Å². The summed E-state index contributed by atoms with van der Waals surface area (Å²) in [5.41, 5.74) is 1.36. The van der Waals surface area contributed by atoms with E-state index < -0.39 is 11.9 Å². The van der Waals surface area contributed by atoms with Gasteiger partial charge in [0, 0.05) is 18.8 Å². The van der Waals surface area contributed by atoms with Crippen LogP contribution in [0.5, 0.6) is 0 Å². The van der Waals surface area contributed by atoms with Gasteiger partial charge in [0.25, 0.3) is 5.91 Å². The number of likely N-dealkylation sites (N-methyl/N-ethyl adjacent to an activating group) is 1. The monoisotopic (exact) mass is 417 g/mol. The van der Waals surface area contributed by atoms with Gasteiger partial charge in [0.2, 0.25) is 5.91 Å². The van der Waals surface area contributed by atoms with Gasteiger partial charge < -0.3 is 10.2 Å². The maximum atomic E-state index is 13.1. The van der Waals surface area contributed by atoms with Crippen molar-refractivity contribution in [1.29, 1.82) is 0 Å². The highest BCUT2D eigenvalue weighted by molar-refractivity contribution is 7.80. The van der Waals surface area contributed by atoms with Crippen molar-refractivity contribution in [3.63, 3.8) is 0 Å². The van der Waals surface area contributed by atoms with Gasteiger partial charge in [-0.3, -0.25) is 14.5 Å². The Bertz CT molecular complexity index is 903. The highest BCUT2D eigenvalue weighted by Crippen LogP contribution is 2.22. The molecule has 1 atom stereocenters. The van der Waals surface area contributed by atoms with Crippen LogP contribution in [0.3, 0.4) is 0 Å². The Morgan fingerprint density at radius 1 is 1.07 bits per heavy atom. The number of hydrogen-bond donors (Lipinski definition) is 1. The number of halogens is 2. The fourth-order valence-corrected chi connectivity index (χ4v) is 3.69. The van der Waals surface area contributed by atoms with Crippen LogP contribution in [-0.2, 0) is 16.0 Å². The Morgan fingerprint density at radius 2 is 1.66 bits per heavy atom. The molecule has 0 spiro atoms. The van der Waals surface area contributed by atoms with Crippen LogP contribution >= 0.6 is 12.2 Å². The fourth-order valence-electron chi connectivity index (χ4n) is 3.26. The average molecular weight is 417 g/mol. The summed E-state index contributed by atoms with van der Waals surface area (Å²) >= 11 is 5.45. The molecule has 5 nitrogen and oxygen atoms in total. The summed E-state index contributed by atoms with van der Waals surface area (Å²) in [6.07, 6.45) is 0.484. The number of nitrogens with zero attached hydrogens (tertiary/aromatic N) is 2. The van der Waals surface area contributed by atoms with E-state index in [0.29, 0.717) is 30.3 Å². The number of carbonyl (C=O) groups excluding carboxylic acids is 2. The van der Waals surface area contributed by atoms with Crippen LogP contribution in [0.2, 0.25) is 0 Å². The second kappa shape index (κ2) is 9.09. The first-order valence-electron chi connectivity index (χ1n) is 9.31. The molecule has 0 unspecified atom stereocenters. The molecule has 2 amide bonds. The zero-order chi connectivity index (χ0) is 21.0. The molecule has 0 aromatic heterocycles. The van der Waals surface area contributed by atoms with Crippen LogP contribution in [-0.4, -0.2) is 45.9 Å². The van der Waals surface area contributed by atoms with Gasteiger partial charge in [-0.05, 0) is 67.5 Å².